The van der Waals surface area contributed by atoms with Crippen molar-refractivity contribution in [2.75, 3.05) is 13.2 Å². The standard InChI is InChI=1S/C27H35F3O2/c1-19-2-10-23(11-3-19)24-12-6-20(7-13-24)8-14-25-15-9-21(4-5-22(17-31)18-32)16-26(25)27(28,29)30/h6-7,9,12-13,15-16,19,22-23,31-32H,2-5,8,10-11,14,17-18H2,1H3. The first kappa shape index (κ1) is 24.8. The SMILES string of the molecule is CC1CCC(c2ccc(CCc3ccc(CCC(CO)CO)cc3C(F)(F)F)cc2)CC1. The van der Waals surface area contributed by atoms with Gasteiger partial charge in [-0.05, 0) is 78.7 Å². The van der Waals surface area contributed by atoms with Gasteiger partial charge in [0, 0.05) is 19.1 Å². The lowest BCUT2D eigenvalue weighted by molar-refractivity contribution is -0.138. The van der Waals surface area contributed by atoms with Gasteiger partial charge in [-0.15, -0.1) is 0 Å². The Bertz CT molecular complexity index is 833. The summed E-state index contributed by atoms with van der Waals surface area (Å²) in [4.78, 5) is 0. The molecule has 0 aliphatic heterocycles. The third-order valence-corrected chi connectivity index (χ3v) is 6.99. The predicted octanol–water partition coefficient (Wildman–Crippen LogP) is 6.32. The molecule has 0 bridgehead atoms. The molecule has 176 valence electrons. The summed E-state index contributed by atoms with van der Waals surface area (Å²) >= 11 is 0. The Kier molecular flexibility index (Phi) is 8.78. The van der Waals surface area contributed by atoms with Crippen molar-refractivity contribution in [1.82, 2.24) is 0 Å². The topological polar surface area (TPSA) is 40.5 Å². The van der Waals surface area contributed by atoms with Crippen LogP contribution in [0.2, 0.25) is 0 Å². The number of halogens is 3. The van der Waals surface area contributed by atoms with Gasteiger partial charge in [-0.2, -0.15) is 13.2 Å². The minimum atomic E-state index is -4.40. The molecule has 2 aromatic rings. The van der Waals surface area contributed by atoms with Crippen molar-refractivity contribution < 1.29 is 23.4 Å². The largest absolute Gasteiger partial charge is 0.416 e. The van der Waals surface area contributed by atoms with Gasteiger partial charge < -0.3 is 10.2 Å². The highest BCUT2D eigenvalue weighted by Gasteiger charge is 2.33. The minimum absolute atomic E-state index is 0.167. The van der Waals surface area contributed by atoms with E-state index in [-0.39, 0.29) is 19.1 Å². The van der Waals surface area contributed by atoms with Gasteiger partial charge in [0.25, 0.3) is 0 Å². The zero-order valence-corrected chi connectivity index (χ0v) is 18.9. The summed E-state index contributed by atoms with van der Waals surface area (Å²) in [6, 6.07) is 13.0. The van der Waals surface area contributed by atoms with Gasteiger partial charge in [0.2, 0.25) is 0 Å². The van der Waals surface area contributed by atoms with Crippen LogP contribution in [0, 0.1) is 11.8 Å². The monoisotopic (exact) mass is 448 g/mol. The van der Waals surface area contributed by atoms with Crippen molar-refractivity contribution in [1.29, 1.82) is 0 Å². The zero-order chi connectivity index (χ0) is 23.1. The summed E-state index contributed by atoms with van der Waals surface area (Å²) in [7, 11) is 0. The number of aliphatic hydroxyl groups excluding tert-OH is 2. The molecule has 0 spiro atoms. The van der Waals surface area contributed by atoms with Crippen LogP contribution in [0.1, 0.15) is 72.8 Å². The molecule has 3 rings (SSSR count). The summed E-state index contributed by atoms with van der Waals surface area (Å²) in [6.45, 7) is 1.97. The number of rotatable bonds is 9. The highest BCUT2D eigenvalue weighted by Crippen LogP contribution is 2.36. The second-order valence-electron chi connectivity index (χ2n) is 9.46. The first-order valence-electron chi connectivity index (χ1n) is 11.8. The van der Waals surface area contributed by atoms with Crippen LogP contribution in [0.25, 0.3) is 0 Å². The molecule has 1 aliphatic rings. The van der Waals surface area contributed by atoms with E-state index < -0.39 is 11.7 Å². The summed E-state index contributed by atoms with van der Waals surface area (Å²) in [6.07, 6.45) is 2.34. The Morgan fingerprint density at radius 3 is 2.06 bits per heavy atom. The van der Waals surface area contributed by atoms with E-state index in [0.717, 1.165) is 11.5 Å². The van der Waals surface area contributed by atoms with Gasteiger partial charge in [0.05, 0.1) is 5.56 Å². The molecule has 2 aromatic carbocycles. The van der Waals surface area contributed by atoms with Crippen LogP contribution in [0.4, 0.5) is 13.2 Å². The Hall–Kier alpha value is -1.85. The summed E-state index contributed by atoms with van der Waals surface area (Å²) in [5, 5.41) is 18.3. The Balaban J connectivity index is 1.64. The van der Waals surface area contributed by atoms with Gasteiger partial charge in [0.15, 0.2) is 0 Å². The van der Waals surface area contributed by atoms with Gasteiger partial charge >= 0.3 is 6.18 Å². The molecule has 5 heteroatoms. The third-order valence-electron chi connectivity index (χ3n) is 6.99. The number of hydrogen-bond acceptors (Lipinski definition) is 2. The van der Waals surface area contributed by atoms with Crippen LogP contribution >= 0.6 is 0 Å². The fraction of sp³-hybridized carbons (Fsp3) is 0.556. The van der Waals surface area contributed by atoms with Gasteiger partial charge in [-0.1, -0.05) is 56.2 Å². The van der Waals surface area contributed by atoms with E-state index in [4.69, 9.17) is 0 Å². The number of hydrogen-bond donors (Lipinski definition) is 2. The van der Waals surface area contributed by atoms with E-state index in [1.54, 1.807) is 12.1 Å². The fourth-order valence-electron chi connectivity index (χ4n) is 4.70. The van der Waals surface area contributed by atoms with Gasteiger partial charge in [-0.3, -0.25) is 0 Å². The highest BCUT2D eigenvalue weighted by molar-refractivity contribution is 5.35. The first-order valence-corrected chi connectivity index (χ1v) is 11.8. The van der Waals surface area contributed by atoms with Crippen LogP contribution in [0.3, 0.4) is 0 Å². The van der Waals surface area contributed by atoms with Crippen molar-refractivity contribution in [3.63, 3.8) is 0 Å². The lowest BCUT2D eigenvalue weighted by atomic mass is 9.79. The highest BCUT2D eigenvalue weighted by atomic mass is 19.4. The molecule has 0 atom stereocenters. The molecule has 0 aromatic heterocycles. The average molecular weight is 449 g/mol. The maximum absolute atomic E-state index is 13.7. The van der Waals surface area contributed by atoms with E-state index in [1.807, 2.05) is 0 Å². The quantitative estimate of drug-likeness (QED) is 0.471. The molecule has 0 heterocycles. The number of benzene rings is 2. The lowest BCUT2D eigenvalue weighted by Gasteiger charge is -2.26. The Morgan fingerprint density at radius 2 is 1.47 bits per heavy atom. The second-order valence-corrected chi connectivity index (χ2v) is 9.46. The summed E-state index contributed by atoms with van der Waals surface area (Å²) in [5.41, 5.74) is 2.73. The fourth-order valence-corrected chi connectivity index (χ4v) is 4.70. The maximum Gasteiger partial charge on any atom is 0.416 e. The molecule has 32 heavy (non-hydrogen) atoms. The second kappa shape index (κ2) is 11.3. The molecule has 1 saturated carbocycles. The Morgan fingerprint density at radius 1 is 0.844 bits per heavy atom. The van der Waals surface area contributed by atoms with Crippen molar-refractivity contribution in [3.8, 4) is 0 Å². The molecule has 0 saturated heterocycles. The number of aliphatic hydroxyl groups is 2. The molecule has 1 aliphatic carbocycles. The van der Waals surface area contributed by atoms with Crippen LogP contribution < -0.4 is 0 Å². The van der Waals surface area contributed by atoms with E-state index in [1.165, 1.54) is 37.3 Å². The molecule has 2 N–H and O–H groups in total. The maximum atomic E-state index is 13.7. The smallest absolute Gasteiger partial charge is 0.396 e. The van der Waals surface area contributed by atoms with Crippen LogP contribution in [-0.4, -0.2) is 23.4 Å². The Labute approximate surface area is 189 Å². The molecule has 2 nitrogen and oxygen atoms in total. The zero-order valence-electron chi connectivity index (χ0n) is 18.9. The molecular weight excluding hydrogens is 413 g/mol. The van der Waals surface area contributed by atoms with Crippen LogP contribution in [0.15, 0.2) is 42.5 Å². The van der Waals surface area contributed by atoms with E-state index in [2.05, 4.69) is 31.2 Å². The van der Waals surface area contributed by atoms with E-state index >= 15 is 0 Å². The van der Waals surface area contributed by atoms with Crippen molar-refractivity contribution >= 4 is 0 Å². The molecule has 0 radical (unpaired) electrons. The molecule has 0 unspecified atom stereocenters. The van der Waals surface area contributed by atoms with Crippen molar-refractivity contribution in [2.24, 2.45) is 11.8 Å². The molecular formula is C27H35F3O2. The third kappa shape index (κ3) is 6.82. The average Bonchev–Trinajstić information content (AvgIpc) is 2.79. The first-order chi connectivity index (χ1) is 15.3. The predicted molar refractivity (Wildman–Crippen MR) is 122 cm³/mol. The van der Waals surface area contributed by atoms with Crippen LogP contribution in [-0.2, 0) is 25.4 Å². The molecule has 1 fully saturated rings. The van der Waals surface area contributed by atoms with Gasteiger partial charge in [-0.25, -0.2) is 0 Å². The van der Waals surface area contributed by atoms with Crippen molar-refractivity contribution in [3.05, 3.63) is 70.3 Å². The number of aryl methyl sites for hydroxylation is 3. The van der Waals surface area contributed by atoms with E-state index in [0.29, 0.717) is 42.7 Å². The molecule has 0 amide bonds. The normalized spacial score (nSPS) is 19.5. The van der Waals surface area contributed by atoms with Crippen molar-refractivity contribution in [2.45, 2.75) is 70.4 Å². The lowest BCUT2D eigenvalue weighted by Crippen LogP contribution is -2.13. The van der Waals surface area contributed by atoms with E-state index in [9.17, 15) is 23.4 Å². The summed E-state index contributed by atoms with van der Waals surface area (Å²) < 4.78 is 41.1. The summed E-state index contributed by atoms with van der Waals surface area (Å²) in [5.74, 6) is 1.12. The van der Waals surface area contributed by atoms with Crippen LogP contribution in [0.5, 0.6) is 0 Å². The minimum Gasteiger partial charge on any atom is -0.396 e. The number of alkyl halides is 3. The van der Waals surface area contributed by atoms with Gasteiger partial charge in [0.1, 0.15) is 0 Å².